The van der Waals surface area contributed by atoms with Crippen LogP contribution in [0.2, 0.25) is 0 Å². The second-order valence-electron chi connectivity index (χ2n) is 18.6. The van der Waals surface area contributed by atoms with Gasteiger partial charge < -0.3 is 40.3 Å². The molecule has 0 aromatic carbocycles. The third kappa shape index (κ3) is 40.9. The molecule has 0 aliphatic carbocycles. The molecular weight excluding hydrogens is 923 g/mol. The first kappa shape index (κ1) is 67.6. The summed E-state index contributed by atoms with van der Waals surface area (Å²) in [6, 6.07) is -0.859. The average Bonchev–Trinajstić information content (AvgIpc) is 3.40. The zero-order chi connectivity index (χ0) is 53.6. The van der Waals surface area contributed by atoms with Crippen molar-refractivity contribution in [3.8, 4) is 0 Å². The summed E-state index contributed by atoms with van der Waals surface area (Å²) in [7, 11) is 0. The molecule has 9 nitrogen and oxygen atoms in total. The zero-order valence-electron chi connectivity index (χ0n) is 45.8. The van der Waals surface area contributed by atoms with Crippen LogP contribution in [0.3, 0.4) is 0 Å². The van der Waals surface area contributed by atoms with Crippen LogP contribution in [-0.2, 0) is 14.3 Å². The van der Waals surface area contributed by atoms with Gasteiger partial charge in [-0.15, -0.1) is 0 Å². The standard InChI is InChI=1S/C65H101NO8/c1-3-5-7-9-11-13-15-17-19-20-21-22-23-24-25-26-27-28-29-30-31-32-33-34-35-36-37-38-39-40-41-43-45-47-49-51-53-55-61(69)66-58(57-73-65-64(72)63(71)62(70)60(56-67)74-65)59(68)54-52-50-48-46-44-42-18-16-14-12-10-8-6-4-2/h5,7,11,13-14,16-17,19,21-22,24-25,27-28,30-31,33-34,36-37,39-40,43-46,52,54,58-60,62-65,67-68,70-72H,3-4,6,8-10,12,15,18,20,23,26,29,32,35,38,41-42,47-51,53,55-57H2,1-2H3,(H,66,69)/b7-5-,13-11-,16-14+,19-17-,22-21-,25-24-,28-27-,31-30-,34-33-,37-36-,40-39-,45-43-,46-44+,54-52+. The van der Waals surface area contributed by atoms with Crippen LogP contribution < -0.4 is 5.32 Å². The van der Waals surface area contributed by atoms with Gasteiger partial charge in [-0.2, -0.15) is 0 Å². The monoisotopic (exact) mass is 1020 g/mol. The van der Waals surface area contributed by atoms with Crippen LogP contribution in [0, 0.1) is 0 Å². The summed E-state index contributed by atoms with van der Waals surface area (Å²) in [6.45, 7) is 3.57. The number of hydrogen-bond acceptors (Lipinski definition) is 8. The topological polar surface area (TPSA) is 149 Å². The Morgan fingerprint density at radius 3 is 1.27 bits per heavy atom. The van der Waals surface area contributed by atoms with Crippen molar-refractivity contribution in [3.05, 3.63) is 170 Å². The molecule has 0 aromatic rings. The molecule has 7 unspecified atom stereocenters. The molecule has 1 aliphatic heterocycles. The van der Waals surface area contributed by atoms with E-state index < -0.39 is 49.5 Å². The molecule has 1 heterocycles. The van der Waals surface area contributed by atoms with Gasteiger partial charge >= 0.3 is 0 Å². The summed E-state index contributed by atoms with van der Waals surface area (Å²) in [4.78, 5) is 13.0. The smallest absolute Gasteiger partial charge is 0.220 e. The Bertz CT molecular complexity index is 1760. The molecule has 1 aliphatic rings. The lowest BCUT2D eigenvalue weighted by molar-refractivity contribution is -0.302. The van der Waals surface area contributed by atoms with E-state index in [1.807, 2.05) is 6.08 Å². The van der Waals surface area contributed by atoms with Crippen molar-refractivity contribution in [2.24, 2.45) is 0 Å². The summed E-state index contributed by atoms with van der Waals surface area (Å²) in [5.41, 5.74) is 0. The number of unbranched alkanes of at least 4 members (excludes halogenated alkanes) is 9. The molecule has 0 saturated carbocycles. The predicted molar refractivity (Wildman–Crippen MR) is 312 cm³/mol. The number of hydrogen-bond donors (Lipinski definition) is 6. The van der Waals surface area contributed by atoms with Gasteiger partial charge in [-0.1, -0.05) is 210 Å². The first-order chi connectivity index (χ1) is 36.3. The quantitative estimate of drug-likeness (QED) is 0.0261. The van der Waals surface area contributed by atoms with Crippen LogP contribution in [0.15, 0.2) is 170 Å². The molecule has 1 fully saturated rings. The largest absolute Gasteiger partial charge is 0.394 e. The van der Waals surface area contributed by atoms with Gasteiger partial charge in [0, 0.05) is 6.42 Å². The first-order valence-electron chi connectivity index (χ1n) is 28.4. The van der Waals surface area contributed by atoms with Crippen molar-refractivity contribution < 1.29 is 39.8 Å². The number of amides is 1. The molecule has 1 amide bonds. The Kier molecular flexibility index (Phi) is 47.5. The molecule has 74 heavy (non-hydrogen) atoms. The van der Waals surface area contributed by atoms with Crippen molar-refractivity contribution in [1.82, 2.24) is 5.32 Å². The lowest BCUT2D eigenvalue weighted by atomic mass is 9.99. The van der Waals surface area contributed by atoms with E-state index in [1.165, 1.54) is 25.7 Å². The van der Waals surface area contributed by atoms with E-state index in [0.717, 1.165) is 116 Å². The van der Waals surface area contributed by atoms with E-state index in [2.05, 4.69) is 177 Å². The normalized spacial score (nSPS) is 20.3. The minimum atomic E-state index is -1.59. The van der Waals surface area contributed by atoms with Gasteiger partial charge in [0.15, 0.2) is 6.29 Å². The number of aliphatic hydroxyl groups is 5. The van der Waals surface area contributed by atoms with Crippen LogP contribution in [0.1, 0.15) is 174 Å². The number of aliphatic hydroxyl groups excluding tert-OH is 5. The maximum absolute atomic E-state index is 13.0. The van der Waals surface area contributed by atoms with Gasteiger partial charge in [0.05, 0.1) is 25.4 Å². The fourth-order valence-electron chi connectivity index (χ4n) is 7.54. The van der Waals surface area contributed by atoms with E-state index in [0.29, 0.717) is 12.8 Å². The molecule has 1 saturated heterocycles. The number of allylic oxidation sites excluding steroid dienone is 27. The summed E-state index contributed by atoms with van der Waals surface area (Å²) < 4.78 is 11.2. The maximum Gasteiger partial charge on any atom is 0.220 e. The Balaban J connectivity index is 2.26. The number of nitrogens with one attached hydrogen (secondary N) is 1. The third-order valence-electron chi connectivity index (χ3n) is 12.0. The Morgan fingerprint density at radius 1 is 0.473 bits per heavy atom. The van der Waals surface area contributed by atoms with E-state index in [9.17, 15) is 30.3 Å². The summed E-state index contributed by atoms with van der Waals surface area (Å²) in [5, 5.41) is 54.3. The van der Waals surface area contributed by atoms with E-state index in [-0.39, 0.29) is 18.9 Å². The van der Waals surface area contributed by atoms with Crippen molar-refractivity contribution in [1.29, 1.82) is 0 Å². The Morgan fingerprint density at radius 2 is 0.851 bits per heavy atom. The first-order valence-corrected chi connectivity index (χ1v) is 28.4. The molecule has 6 N–H and O–H groups in total. The molecule has 9 heteroatoms. The van der Waals surface area contributed by atoms with Crippen LogP contribution in [0.4, 0.5) is 0 Å². The second kappa shape index (κ2) is 52.0. The van der Waals surface area contributed by atoms with Crippen LogP contribution >= 0.6 is 0 Å². The van der Waals surface area contributed by atoms with Gasteiger partial charge in [-0.3, -0.25) is 4.79 Å². The SMILES string of the molecule is CC/C=C\C/C=C\C/C=C\C/C=C\C/C=C\C/C=C\C/C=C\C/C=C\C/C=C\C/C=C\C/C=C\CCCCCC(=O)NC(COC1OC(CO)C(O)C(O)C1O)C(O)/C=C/CC/C=C/CC/C=C/CCCCCC. The van der Waals surface area contributed by atoms with Gasteiger partial charge in [0.25, 0.3) is 0 Å². The van der Waals surface area contributed by atoms with Gasteiger partial charge in [0.1, 0.15) is 24.4 Å². The second-order valence-corrected chi connectivity index (χ2v) is 18.6. The number of rotatable bonds is 45. The molecule has 0 aromatic heterocycles. The number of ether oxygens (including phenoxy) is 2. The molecule has 1 rings (SSSR count). The van der Waals surface area contributed by atoms with Crippen molar-refractivity contribution >= 4 is 5.91 Å². The van der Waals surface area contributed by atoms with Crippen molar-refractivity contribution in [2.75, 3.05) is 13.2 Å². The van der Waals surface area contributed by atoms with Crippen molar-refractivity contribution in [2.45, 2.75) is 217 Å². The lowest BCUT2D eigenvalue weighted by Crippen LogP contribution is -2.60. The van der Waals surface area contributed by atoms with Crippen LogP contribution in [0.5, 0.6) is 0 Å². The Hall–Kier alpha value is -4.45. The lowest BCUT2D eigenvalue weighted by Gasteiger charge is -2.40. The highest BCUT2D eigenvalue weighted by molar-refractivity contribution is 5.76. The van der Waals surface area contributed by atoms with Gasteiger partial charge in [0.2, 0.25) is 5.91 Å². The minimum absolute atomic E-state index is 0.232. The zero-order valence-corrected chi connectivity index (χ0v) is 45.8. The van der Waals surface area contributed by atoms with Crippen molar-refractivity contribution in [3.63, 3.8) is 0 Å². The highest BCUT2D eigenvalue weighted by Gasteiger charge is 2.44. The number of carbonyl (C=O) groups is 1. The molecule has 0 bridgehead atoms. The van der Waals surface area contributed by atoms with Gasteiger partial charge in [-0.05, 0) is 128 Å². The molecular formula is C65H101NO8. The van der Waals surface area contributed by atoms with Crippen LogP contribution in [-0.4, -0.2) is 87.5 Å². The minimum Gasteiger partial charge on any atom is -0.394 e. The van der Waals surface area contributed by atoms with Crippen LogP contribution in [0.25, 0.3) is 0 Å². The fourth-order valence-corrected chi connectivity index (χ4v) is 7.54. The summed E-state index contributed by atoms with van der Waals surface area (Å²) in [6.07, 6.45) is 77.0. The summed E-state index contributed by atoms with van der Waals surface area (Å²) >= 11 is 0. The van der Waals surface area contributed by atoms with Gasteiger partial charge in [-0.25, -0.2) is 0 Å². The number of carbonyl (C=O) groups excluding carboxylic acids is 1. The molecule has 7 atom stereocenters. The molecule has 0 radical (unpaired) electrons. The molecule has 414 valence electrons. The fraction of sp³-hybridized carbons (Fsp3) is 0.554. The molecule has 0 spiro atoms. The predicted octanol–water partition coefficient (Wildman–Crippen LogP) is 14.2. The average molecular weight is 1020 g/mol. The highest BCUT2D eigenvalue weighted by atomic mass is 16.7. The van der Waals surface area contributed by atoms with E-state index in [4.69, 9.17) is 9.47 Å². The summed E-state index contributed by atoms with van der Waals surface area (Å²) in [5.74, 6) is -0.232. The third-order valence-corrected chi connectivity index (χ3v) is 12.0. The van der Waals surface area contributed by atoms with E-state index >= 15 is 0 Å². The Labute approximate surface area is 449 Å². The van der Waals surface area contributed by atoms with E-state index in [1.54, 1.807) is 6.08 Å². The maximum atomic E-state index is 13.0. The highest BCUT2D eigenvalue weighted by Crippen LogP contribution is 2.22.